The van der Waals surface area contributed by atoms with Gasteiger partial charge in [0.2, 0.25) is 0 Å². The van der Waals surface area contributed by atoms with E-state index in [2.05, 4.69) is 4.98 Å². The summed E-state index contributed by atoms with van der Waals surface area (Å²) < 4.78 is 14.0. The van der Waals surface area contributed by atoms with Crippen LogP contribution in [0.1, 0.15) is 12.0 Å². The molecule has 0 N–H and O–H groups in total. The first-order valence-electron chi connectivity index (χ1n) is 6.36. The van der Waals surface area contributed by atoms with E-state index in [0.717, 1.165) is 27.5 Å². The SMILES string of the molecule is Cc1cnc2c3ccccc3n(OCCCF)c2c1. The zero-order valence-electron chi connectivity index (χ0n) is 10.8. The minimum absolute atomic E-state index is 0.359. The number of rotatable bonds is 4. The molecule has 0 unspecified atom stereocenters. The molecule has 0 saturated heterocycles. The van der Waals surface area contributed by atoms with E-state index < -0.39 is 0 Å². The van der Waals surface area contributed by atoms with E-state index in [9.17, 15) is 4.39 Å². The first kappa shape index (κ1) is 12.0. The molecule has 98 valence electrons. The molecular formula is C15H15FN2O. The van der Waals surface area contributed by atoms with Crippen molar-refractivity contribution in [2.45, 2.75) is 13.3 Å². The van der Waals surface area contributed by atoms with E-state index in [1.807, 2.05) is 43.5 Å². The van der Waals surface area contributed by atoms with Crippen molar-refractivity contribution in [1.82, 2.24) is 9.71 Å². The van der Waals surface area contributed by atoms with Gasteiger partial charge in [0, 0.05) is 18.0 Å². The van der Waals surface area contributed by atoms with E-state index in [1.165, 1.54) is 0 Å². The zero-order valence-corrected chi connectivity index (χ0v) is 10.8. The molecule has 1 aromatic carbocycles. The van der Waals surface area contributed by atoms with Crippen LogP contribution in [0.3, 0.4) is 0 Å². The average molecular weight is 258 g/mol. The maximum absolute atomic E-state index is 12.2. The fourth-order valence-electron chi connectivity index (χ4n) is 2.25. The highest BCUT2D eigenvalue weighted by Crippen LogP contribution is 2.26. The van der Waals surface area contributed by atoms with Gasteiger partial charge < -0.3 is 4.84 Å². The Morgan fingerprint density at radius 2 is 2.11 bits per heavy atom. The van der Waals surface area contributed by atoms with E-state index >= 15 is 0 Å². The Bertz CT molecular complexity index is 721. The number of nitrogens with zero attached hydrogens (tertiary/aromatic N) is 2. The molecule has 0 spiro atoms. The number of fused-ring (bicyclic) bond motifs is 3. The molecule has 0 atom stereocenters. The van der Waals surface area contributed by atoms with E-state index in [0.29, 0.717) is 13.0 Å². The lowest BCUT2D eigenvalue weighted by Gasteiger charge is -2.08. The van der Waals surface area contributed by atoms with Crippen LogP contribution in [-0.2, 0) is 0 Å². The highest BCUT2D eigenvalue weighted by Gasteiger charge is 2.12. The van der Waals surface area contributed by atoms with Gasteiger partial charge in [-0.25, -0.2) is 0 Å². The molecule has 0 aliphatic heterocycles. The Kier molecular flexibility index (Phi) is 3.07. The topological polar surface area (TPSA) is 27.1 Å². The van der Waals surface area contributed by atoms with Gasteiger partial charge in [-0.05, 0) is 24.6 Å². The predicted molar refractivity (Wildman–Crippen MR) is 74.0 cm³/mol. The number of pyridine rings is 1. The first-order chi connectivity index (χ1) is 9.31. The van der Waals surface area contributed by atoms with Crippen LogP contribution < -0.4 is 4.84 Å². The van der Waals surface area contributed by atoms with Crippen LogP contribution >= 0.6 is 0 Å². The fraction of sp³-hybridized carbons (Fsp3) is 0.267. The van der Waals surface area contributed by atoms with Crippen molar-refractivity contribution in [3.63, 3.8) is 0 Å². The summed E-state index contributed by atoms with van der Waals surface area (Å²) in [4.78, 5) is 10.2. The summed E-state index contributed by atoms with van der Waals surface area (Å²) >= 11 is 0. The van der Waals surface area contributed by atoms with Gasteiger partial charge >= 0.3 is 0 Å². The molecule has 0 radical (unpaired) electrons. The number of benzene rings is 1. The van der Waals surface area contributed by atoms with Gasteiger partial charge in [0.15, 0.2) is 0 Å². The van der Waals surface area contributed by atoms with Crippen molar-refractivity contribution in [3.05, 3.63) is 42.1 Å². The molecule has 2 aromatic heterocycles. The van der Waals surface area contributed by atoms with Crippen LogP contribution in [0.5, 0.6) is 0 Å². The molecule has 0 aliphatic rings. The maximum atomic E-state index is 12.2. The molecule has 0 amide bonds. The van der Waals surface area contributed by atoms with Crippen molar-refractivity contribution < 1.29 is 9.23 Å². The Morgan fingerprint density at radius 1 is 1.26 bits per heavy atom. The second-order valence-electron chi connectivity index (χ2n) is 4.57. The van der Waals surface area contributed by atoms with Gasteiger partial charge in [-0.1, -0.05) is 18.2 Å². The molecular weight excluding hydrogens is 243 g/mol. The third-order valence-corrected chi connectivity index (χ3v) is 3.10. The highest BCUT2D eigenvalue weighted by molar-refractivity contribution is 6.05. The number of hydrogen-bond acceptors (Lipinski definition) is 2. The van der Waals surface area contributed by atoms with Gasteiger partial charge in [-0.15, -0.1) is 0 Å². The van der Waals surface area contributed by atoms with E-state index in [-0.39, 0.29) is 6.67 Å². The molecule has 2 heterocycles. The molecule has 0 saturated carbocycles. The van der Waals surface area contributed by atoms with Crippen LogP contribution in [0.4, 0.5) is 4.39 Å². The third kappa shape index (κ3) is 2.03. The summed E-state index contributed by atoms with van der Waals surface area (Å²) in [5.41, 5.74) is 3.89. The minimum atomic E-state index is -0.367. The predicted octanol–water partition coefficient (Wildman–Crippen LogP) is 3.29. The molecule has 19 heavy (non-hydrogen) atoms. The number of aryl methyl sites for hydroxylation is 1. The van der Waals surface area contributed by atoms with E-state index in [4.69, 9.17) is 4.84 Å². The molecule has 3 nitrogen and oxygen atoms in total. The first-order valence-corrected chi connectivity index (χ1v) is 6.36. The maximum Gasteiger partial charge on any atom is 0.117 e. The zero-order chi connectivity index (χ0) is 13.2. The second-order valence-corrected chi connectivity index (χ2v) is 4.57. The summed E-state index contributed by atoms with van der Waals surface area (Å²) in [6.45, 7) is 1.99. The third-order valence-electron chi connectivity index (χ3n) is 3.10. The lowest BCUT2D eigenvalue weighted by atomic mass is 10.2. The molecule has 4 heteroatoms. The van der Waals surface area contributed by atoms with E-state index in [1.54, 1.807) is 4.73 Å². The summed E-state index contributed by atoms with van der Waals surface area (Å²) in [6.07, 6.45) is 2.24. The van der Waals surface area contributed by atoms with Crippen LogP contribution in [-0.4, -0.2) is 23.0 Å². The van der Waals surface area contributed by atoms with Gasteiger partial charge in [0.25, 0.3) is 0 Å². The van der Waals surface area contributed by atoms with Crippen molar-refractivity contribution >= 4 is 21.9 Å². The van der Waals surface area contributed by atoms with Crippen LogP contribution in [0.25, 0.3) is 21.9 Å². The Balaban J connectivity index is 2.21. The molecule has 3 aromatic rings. The number of alkyl halides is 1. The largest absolute Gasteiger partial charge is 0.413 e. The highest BCUT2D eigenvalue weighted by atomic mass is 19.1. The lowest BCUT2D eigenvalue weighted by Crippen LogP contribution is -2.12. The molecule has 0 bridgehead atoms. The standard InChI is InChI=1S/C15H15FN2O/c1-11-9-14-15(17-10-11)12-5-2-3-6-13(12)18(14)19-8-4-7-16/h2-3,5-6,9-10H,4,7-8H2,1H3. The van der Waals surface area contributed by atoms with Gasteiger partial charge in [-0.3, -0.25) is 9.37 Å². The number of halogens is 1. The number of para-hydroxylation sites is 1. The van der Waals surface area contributed by atoms with Gasteiger partial charge in [-0.2, -0.15) is 4.73 Å². The van der Waals surface area contributed by atoms with Crippen molar-refractivity contribution in [2.75, 3.05) is 13.3 Å². The second kappa shape index (κ2) is 4.88. The Labute approximate surface area is 110 Å². The Morgan fingerprint density at radius 3 is 2.95 bits per heavy atom. The lowest BCUT2D eigenvalue weighted by molar-refractivity contribution is 0.122. The van der Waals surface area contributed by atoms with Gasteiger partial charge in [0.1, 0.15) is 12.1 Å². The number of aromatic nitrogens is 2. The monoisotopic (exact) mass is 258 g/mol. The summed E-state index contributed by atoms with van der Waals surface area (Å²) in [7, 11) is 0. The van der Waals surface area contributed by atoms with Crippen molar-refractivity contribution in [3.8, 4) is 0 Å². The van der Waals surface area contributed by atoms with Crippen LogP contribution in [0.15, 0.2) is 36.5 Å². The fourth-order valence-corrected chi connectivity index (χ4v) is 2.25. The van der Waals surface area contributed by atoms with Crippen molar-refractivity contribution in [1.29, 1.82) is 0 Å². The van der Waals surface area contributed by atoms with Crippen LogP contribution in [0.2, 0.25) is 0 Å². The normalized spacial score (nSPS) is 11.3. The average Bonchev–Trinajstić information content (AvgIpc) is 2.73. The van der Waals surface area contributed by atoms with Crippen LogP contribution in [0, 0.1) is 6.92 Å². The summed E-state index contributed by atoms with van der Waals surface area (Å²) in [5, 5.41) is 1.05. The molecule has 3 rings (SSSR count). The molecule has 0 fully saturated rings. The smallest absolute Gasteiger partial charge is 0.117 e. The number of hydrogen-bond donors (Lipinski definition) is 0. The van der Waals surface area contributed by atoms with Gasteiger partial charge in [0.05, 0.1) is 17.7 Å². The Hall–Kier alpha value is -2.10. The minimum Gasteiger partial charge on any atom is -0.413 e. The quantitative estimate of drug-likeness (QED) is 0.671. The summed E-state index contributed by atoms with van der Waals surface area (Å²) in [5.74, 6) is 0. The summed E-state index contributed by atoms with van der Waals surface area (Å²) in [6, 6.07) is 9.99. The van der Waals surface area contributed by atoms with Crippen molar-refractivity contribution in [2.24, 2.45) is 0 Å². The molecule has 0 aliphatic carbocycles.